The molecular formula is C12H14FN5. The summed E-state index contributed by atoms with van der Waals surface area (Å²) in [7, 11) is 0. The van der Waals surface area contributed by atoms with Crippen molar-refractivity contribution < 1.29 is 4.39 Å². The number of aryl methyl sites for hydroxylation is 2. The summed E-state index contributed by atoms with van der Waals surface area (Å²) in [6.45, 7) is 3.77. The maximum Gasteiger partial charge on any atom is 0.186 e. The molecule has 0 fully saturated rings. The number of halogens is 1. The van der Waals surface area contributed by atoms with Gasteiger partial charge in [0.15, 0.2) is 11.6 Å². The van der Waals surface area contributed by atoms with Crippen LogP contribution in [0, 0.1) is 19.7 Å². The van der Waals surface area contributed by atoms with Crippen LogP contribution in [0.2, 0.25) is 0 Å². The van der Waals surface area contributed by atoms with Gasteiger partial charge in [-0.25, -0.2) is 19.3 Å². The van der Waals surface area contributed by atoms with Crippen molar-refractivity contribution in [2.75, 3.05) is 11.1 Å². The number of nitrogens with two attached hydrogens (primary N) is 1. The number of rotatable bonds is 3. The Morgan fingerprint density at radius 2 is 2.11 bits per heavy atom. The minimum atomic E-state index is -0.428. The molecule has 2 rings (SSSR count). The molecule has 2 heterocycles. The maximum absolute atomic E-state index is 13.7. The van der Waals surface area contributed by atoms with Gasteiger partial charge >= 0.3 is 0 Å². The minimum Gasteiger partial charge on any atom is -0.384 e. The first kappa shape index (κ1) is 12.2. The molecule has 0 atom stereocenters. The molecule has 3 N–H and O–H groups in total. The van der Waals surface area contributed by atoms with Crippen molar-refractivity contribution in [1.82, 2.24) is 15.0 Å². The molecule has 0 aromatic carbocycles. The highest BCUT2D eigenvalue weighted by Crippen LogP contribution is 2.15. The number of hydrogen-bond acceptors (Lipinski definition) is 5. The Kier molecular flexibility index (Phi) is 3.36. The van der Waals surface area contributed by atoms with E-state index < -0.39 is 5.82 Å². The fraction of sp³-hybridized carbons (Fsp3) is 0.250. The molecule has 5 nitrogen and oxygen atoms in total. The van der Waals surface area contributed by atoms with Crippen LogP contribution in [0.3, 0.4) is 0 Å². The third kappa shape index (κ3) is 2.71. The number of pyridine rings is 1. The fourth-order valence-corrected chi connectivity index (χ4v) is 1.61. The topological polar surface area (TPSA) is 76.7 Å². The number of hydrogen-bond donors (Lipinski definition) is 2. The Morgan fingerprint density at radius 3 is 2.83 bits per heavy atom. The minimum absolute atomic E-state index is 0.204. The molecular weight excluding hydrogens is 233 g/mol. The number of nitrogens with zero attached hydrogens (tertiary/aromatic N) is 3. The van der Waals surface area contributed by atoms with Gasteiger partial charge in [0.1, 0.15) is 11.6 Å². The molecule has 0 aliphatic heterocycles. The van der Waals surface area contributed by atoms with E-state index in [-0.39, 0.29) is 5.82 Å². The van der Waals surface area contributed by atoms with Gasteiger partial charge < -0.3 is 11.1 Å². The van der Waals surface area contributed by atoms with Crippen molar-refractivity contribution in [3.8, 4) is 0 Å². The second-order valence-corrected chi connectivity index (χ2v) is 3.96. The molecule has 0 spiro atoms. The van der Waals surface area contributed by atoms with Gasteiger partial charge in [-0.3, -0.25) is 0 Å². The molecule has 94 valence electrons. The molecule has 0 unspecified atom stereocenters. The van der Waals surface area contributed by atoms with Crippen LogP contribution in [0.15, 0.2) is 18.3 Å². The lowest BCUT2D eigenvalue weighted by molar-refractivity contribution is 0.602. The summed E-state index contributed by atoms with van der Waals surface area (Å²) in [6, 6.07) is 3.54. The Morgan fingerprint density at radius 1 is 1.33 bits per heavy atom. The summed E-state index contributed by atoms with van der Waals surface area (Å²) in [4.78, 5) is 11.9. The summed E-state index contributed by atoms with van der Waals surface area (Å²) in [5, 5.41) is 2.93. The third-order valence-corrected chi connectivity index (χ3v) is 2.43. The zero-order chi connectivity index (χ0) is 13.1. The largest absolute Gasteiger partial charge is 0.384 e. The normalized spacial score (nSPS) is 10.4. The van der Waals surface area contributed by atoms with Gasteiger partial charge in [-0.15, -0.1) is 0 Å². The van der Waals surface area contributed by atoms with E-state index in [4.69, 9.17) is 5.73 Å². The maximum atomic E-state index is 13.7. The van der Waals surface area contributed by atoms with Crippen LogP contribution in [0.1, 0.15) is 17.1 Å². The van der Waals surface area contributed by atoms with Gasteiger partial charge in [0, 0.05) is 12.7 Å². The first-order chi connectivity index (χ1) is 8.56. The van der Waals surface area contributed by atoms with E-state index >= 15 is 0 Å². The van der Waals surface area contributed by atoms with Crippen LogP contribution in [0.25, 0.3) is 0 Å². The predicted molar refractivity (Wildman–Crippen MR) is 67.4 cm³/mol. The fourth-order valence-electron chi connectivity index (χ4n) is 1.61. The summed E-state index contributed by atoms with van der Waals surface area (Å²) >= 11 is 0. The van der Waals surface area contributed by atoms with Crippen molar-refractivity contribution in [2.24, 2.45) is 0 Å². The van der Waals surface area contributed by atoms with Gasteiger partial charge in [0.2, 0.25) is 0 Å². The summed E-state index contributed by atoms with van der Waals surface area (Å²) in [6.07, 6.45) is 1.61. The zero-order valence-electron chi connectivity index (χ0n) is 10.2. The molecule has 0 aliphatic rings. The van der Waals surface area contributed by atoms with E-state index in [1.54, 1.807) is 26.1 Å². The van der Waals surface area contributed by atoms with E-state index in [0.717, 1.165) is 5.56 Å². The molecule has 0 saturated carbocycles. The van der Waals surface area contributed by atoms with E-state index in [9.17, 15) is 4.39 Å². The van der Waals surface area contributed by atoms with Crippen LogP contribution < -0.4 is 11.1 Å². The van der Waals surface area contributed by atoms with Gasteiger partial charge in [-0.1, -0.05) is 0 Å². The lowest BCUT2D eigenvalue weighted by atomic mass is 10.2. The average Bonchev–Trinajstić information content (AvgIpc) is 2.32. The highest BCUT2D eigenvalue weighted by molar-refractivity contribution is 5.40. The molecule has 0 amide bonds. The standard InChI is InChI=1S/C12H14FN5/c1-7-11(13)12(18-8(2)17-7)16-6-9-3-4-15-10(14)5-9/h3-5H,6H2,1-2H3,(H2,14,15)(H,16,17,18). The van der Waals surface area contributed by atoms with Crippen LogP contribution in [-0.4, -0.2) is 15.0 Å². The molecule has 0 aliphatic carbocycles. The van der Waals surface area contributed by atoms with Crippen molar-refractivity contribution in [2.45, 2.75) is 20.4 Å². The molecule has 2 aromatic heterocycles. The molecule has 0 bridgehead atoms. The van der Waals surface area contributed by atoms with Gasteiger partial charge in [0.05, 0.1) is 5.69 Å². The van der Waals surface area contributed by atoms with Crippen LogP contribution in [0.4, 0.5) is 16.0 Å². The Bertz CT molecular complexity index is 570. The highest BCUT2D eigenvalue weighted by Gasteiger charge is 2.09. The molecule has 0 radical (unpaired) electrons. The summed E-state index contributed by atoms with van der Waals surface area (Å²) in [5.74, 6) is 0.744. The zero-order valence-corrected chi connectivity index (χ0v) is 10.2. The second-order valence-electron chi connectivity index (χ2n) is 3.96. The van der Waals surface area contributed by atoms with Crippen molar-refractivity contribution in [3.63, 3.8) is 0 Å². The summed E-state index contributed by atoms with van der Waals surface area (Å²) in [5.41, 5.74) is 6.81. The third-order valence-electron chi connectivity index (χ3n) is 2.43. The van der Waals surface area contributed by atoms with E-state index in [2.05, 4.69) is 20.3 Å². The van der Waals surface area contributed by atoms with Crippen molar-refractivity contribution >= 4 is 11.6 Å². The van der Waals surface area contributed by atoms with Gasteiger partial charge in [-0.05, 0) is 31.5 Å². The van der Waals surface area contributed by atoms with Crippen LogP contribution in [-0.2, 0) is 6.54 Å². The smallest absolute Gasteiger partial charge is 0.186 e. The monoisotopic (exact) mass is 247 g/mol. The Balaban J connectivity index is 2.15. The SMILES string of the molecule is Cc1nc(C)c(F)c(NCc2ccnc(N)c2)n1. The van der Waals surface area contributed by atoms with E-state index in [1.807, 2.05) is 6.07 Å². The lowest BCUT2D eigenvalue weighted by Crippen LogP contribution is -2.08. The lowest BCUT2D eigenvalue weighted by Gasteiger charge is -2.09. The quantitative estimate of drug-likeness (QED) is 0.865. The van der Waals surface area contributed by atoms with E-state index in [1.165, 1.54) is 0 Å². The highest BCUT2D eigenvalue weighted by atomic mass is 19.1. The first-order valence-corrected chi connectivity index (χ1v) is 5.51. The molecule has 2 aromatic rings. The Labute approximate surface area is 104 Å². The number of aromatic nitrogens is 3. The molecule has 0 saturated heterocycles. The number of nitrogens with one attached hydrogen (secondary N) is 1. The predicted octanol–water partition coefficient (Wildman–Crippen LogP) is 1.82. The molecule has 18 heavy (non-hydrogen) atoms. The van der Waals surface area contributed by atoms with Crippen molar-refractivity contribution in [3.05, 3.63) is 41.2 Å². The van der Waals surface area contributed by atoms with Crippen LogP contribution >= 0.6 is 0 Å². The number of anilines is 2. The first-order valence-electron chi connectivity index (χ1n) is 5.51. The van der Waals surface area contributed by atoms with Crippen molar-refractivity contribution in [1.29, 1.82) is 0 Å². The van der Waals surface area contributed by atoms with Gasteiger partial charge in [-0.2, -0.15) is 0 Å². The van der Waals surface area contributed by atoms with Crippen LogP contribution in [0.5, 0.6) is 0 Å². The number of nitrogen functional groups attached to an aromatic ring is 1. The summed E-state index contributed by atoms with van der Waals surface area (Å²) < 4.78 is 13.7. The van der Waals surface area contributed by atoms with E-state index in [0.29, 0.717) is 23.9 Å². The second kappa shape index (κ2) is 4.95. The Hall–Kier alpha value is -2.24. The average molecular weight is 247 g/mol. The molecule has 6 heteroatoms. The van der Waals surface area contributed by atoms with Gasteiger partial charge in [0.25, 0.3) is 0 Å².